The molecule has 1 aromatic heterocycles. The molecule has 17 heavy (non-hydrogen) atoms. The Hall–Kier alpha value is -0.970. The van der Waals surface area contributed by atoms with Gasteiger partial charge in [0, 0.05) is 25.3 Å². The molecule has 1 heterocycles. The lowest BCUT2D eigenvalue weighted by Gasteiger charge is -2.27. The molecule has 0 radical (unpaired) electrons. The summed E-state index contributed by atoms with van der Waals surface area (Å²) in [6.07, 6.45) is 0. The summed E-state index contributed by atoms with van der Waals surface area (Å²) in [4.78, 5) is 6.38. The summed E-state index contributed by atoms with van der Waals surface area (Å²) >= 11 is 0. The number of likely N-dealkylation sites (N-methyl/N-ethyl adjacent to an activating group) is 1. The Labute approximate surface area is 104 Å². The molecule has 0 saturated heterocycles. The first-order chi connectivity index (χ1) is 7.89. The lowest BCUT2D eigenvalue weighted by Crippen LogP contribution is -2.45. The highest BCUT2D eigenvalue weighted by atomic mass is 16.3. The minimum absolute atomic E-state index is 0.556. The van der Waals surface area contributed by atoms with E-state index in [9.17, 15) is 5.11 Å². The number of aliphatic hydroxyl groups is 1. The summed E-state index contributed by atoms with van der Waals surface area (Å²) in [5.41, 5.74) is 1.31. The van der Waals surface area contributed by atoms with Crippen molar-refractivity contribution in [1.82, 2.24) is 15.2 Å². The van der Waals surface area contributed by atoms with E-state index in [1.807, 2.05) is 51.0 Å². The zero-order valence-corrected chi connectivity index (χ0v) is 11.2. The first-order valence-electron chi connectivity index (χ1n) is 5.89. The van der Waals surface area contributed by atoms with Crippen LogP contribution in [-0.4, -0.2) is 47.8 Å². The molecule has 0 aliphatic carbocycles. The van der Waals surface area contributed by atoms with Crippen LogP contribution >= 0.6 is 0 Å². The van der Waals surface area contributed by atoms with Gasteiger partial charge in [-0.15, -0.1) is 0 Å². The molecule has 0 amide bonds. The number of aromatic nitrogens is 1. The molecule has 0 aromatic carbocycles. The van der Waals surface area contributed by atoms with Gasteiger partial charge < -0.3 is 15.3 Å². The Morgan fingerprint density at radius 1 is 1.41 bits per heavy atom. The van der Waals surface area contributed by atoms with Gasteiger partial charge in [0.05, 0.1) is 11.3 Å². The number of rotatable bonds is 6. The third kappa shape index (κ3) is 5.77. The number of nitrogens with zero attached hydrogens (tertiary/aromatic N) is 2. The van der Waals surface area contributed by atoms with E-state index < -0.39 is 5.60 Å². The standard InChI is InChI=1S/C13H23N3O/c1-11-6-5-7-12(15-11)8-14-9-13(2,17)10-16(3)4/h5-7,14,17H,8-10H2,1-4H3. The van der Waals surface area contributed by atoms with Gasteiger partial charge >= 0.3 is 0 Å². The molecule has 1 aromatic rings. The highest BCUT2D eigenvalue weighted by Gasteiger charge is 2.20. The molecule has 0 bridgehead atoms. The van der Waals surface area contributed by atoms with Crippen LogP contribution in [0.4, 0.5) is 0 Å². The van der Waals surface area contributed by atoms with Gasteiger partial charge in [-0.05, 0) is 40.1 Å². The van der Waals surface area contributed by atoms with E-state index in [-0.39, 0.29) is 0 Å². The van der Waals surface area contributed by atoms with Gasteiger partial charge in [-0.1, -0.05) is 6.07 Å². The van der Waals surface area contributed by atoms with Gasteiger partial charge in [-0.25, -0.2) is 0 Å². The first-order valence-corrected chi connectivity index (χ1v) is 5.89. The number of nitrogens with one attached hydrogen (secondary N) is 1. The number of hydrogen-bond donors (Lipinski definition) is 2. The zero-order valence-electron chi connectivity index (χ0n) is 11.2. The Bertz CT molecular complexity index is 350. The van der Waals surface area contributed by atoms with Crippen molar-refractivity contribution >= 4 is 0 Å². The van der Waals surface area contributed by atoms with Gasteiger partial charge in [-0.3, -0.25) is 4.98 Å². The minimum Gasteiger partial charge on any atom is -0.388 e. The molecular weight excluding hydrogens is 214 g/mol. The third-order valence-corrected chi connectivity index (χ3v) is 2.41. The Balaban J connectivity index is 2.37. The highest BCUT2D eigenvalue weighted by molar-refractivity contribution is 5.09. The average molecular weight is 237 g/mol. The Morgan fingerprint density at radius 3 is 2.71 bits per heavy atom. The van der Waals surface area contributed by atoms with Crippen LogP contribution in [0.5, 0.6) is 0 Å². The van der Waals surface area contributed by atoms with Gasteiger partial charge in [0.1, 0.15) is 0 Å². The second kappa shape index (κ2) is 6.10. The van der Waals surface area contributed by atoms with E-state index in [2.05, 4.69) is 10.3 Å². The van der Waals surface area contributed by atoms with Crippen LogP contribution < -0.4 is 5.32 Å². The fourth-order valence-corrected chi connectivity index (χ4v) is 1.89. The van der Waals surface area contributed by atoms with Gasteiger partial charge in [0.2, 0.25) is 0 Å². The molecule has 1 unspecified atom stereocenters. The molecule has 0 spiro atoms. The molecule has 4 heteroatoms. The highest BCUT2D eigenvalue weighted by Crippen LogP contribution is 2.03. The molecule has 2 N–H and O–H groups in total. The van der Waals surface area contributed by atoms with E-state index in [1.54, 1.807) is 0 Å². The predicted molar refractivity (Wildman–Crippen MR) is 69.9 cm³/mol. The van der Waals surface area contributed by atoms with Crippen LogP contribution in [0.2, 0.25) is 0 Å². The van der Waals surface area contributed by atoms with Crippen LogP contribution in [0.3, 0.4) is 0 Å². The van der Waals surface area contributed by atoms with Crippen molar-refractivity contribution in [2.75, 3.05) is 27.2 Å². The topological polar surface area (TPSA) is 48.4 Å². The molecular formula is C13H23N3O. The second-order valence-electron chi connectivity index (χ2n) is 5.11. The first kappa shape index (κ1) is 14.1. The SMILES string of the molecule is Cc1cccc(CNCC(C)(O)CN(C)C)n1. The van der Waals surface area contributed by atoms with Crippen LogP contribution in [0.1, 0.15) is 18.3 Å². The van der Waals surface area contributed by atoms with Crippen LogP contribution in [0.15, 0.2) is 18.2 Å². The molecule has 0 fully saturated rings. The normalized spacial score (nSPS) is 14.9. The summed E-state index contributed by atoms with van der Waals surface area (Å²) in [6, 6.07) is 5.96. The zero-order chi connectivity index (χ0) is 12.9. The summed E-state index contributed by atoms with van der Waals surface area (Å²) in [5.74, 6) is 0. The van der Waals surface area contributed by atoms with Gasteiger partial charge in [-0.2, -0.15) is 0 Å². The van der Waals surface area contributed by atoms with E-state index >= 15 is 0 Å². The van der Waals surface area contributed by atoms with Crippen molar-refractivity contribution < 1.29 is 5.11 Å². The van der Waals surface area contributed by atoms with Gasteiger partial charge in [0.15, 0.2) is 0 Å². The van der Waals surface area contributed by atoms with E-state index in [0.717, 1.165) is 11.4 Å². The van der Waals surface area contributed by atoms with E-state index in [0.29, 0.717) is 19.6 Å². The van der Waals surface area contributed by atoms with E-state index in [1.165, 1.54) is 0 Å². The van der Waals surface area contributed by atoms with E-state index in [4.69, 9.17) is 0 Å². The Kier molecular flexibility index (Phi) is 5.05. The summed E-state index contributed by atoms with van der Waals surface area (Å²) in [5, 5.41) is 13.3. The lowest BCUT2D eigenvalue weighted by atomic mass is 10.1. The molecule has 0 aliphatic rings. The largest absolute Gasteiger partial charge is 0.388 e. The van der Waals surface area contributed by atoms with Crippen molar-refractivity contribution in [1.29, 1.82) is 0 Å². The molecule has 1 rings (SSSR count). The molecule has 0 saturated carbocycles. The monoisotopic (exact) mass is 237 g/mol. The summed E-state index contributed by atoms with van der Waals surface area (Å²) in [6.45, 7) is 5.70. The molecule has 96 valence electrons. The summed E-state index contributed by atoms with van der Waals surface area (Å²) in [7, 11) is 3.91. The van der Waals surface area contributed by atoms with Crippen molar-refractivity contribution in [3.05, 3.63) is 29.6 Å². The third-order valence-electron chi connectivity index (χ3n) is 2.41. The fraction of sp³-hybridized carbons (Fsp3) is 0.615. The maximum atomic E-state index is 10.1. The summed E-state index contributed by atoms with van der Waals surface area (Å²) < 4.78 is 0. The number of pyridine rings is 1. The smallest absolute Gasteiger partial charge is 0.0869 e. The Morgan fingerprint density at radius 2 is 2.12 bits per heavy atom. The molecule has 4 nitrogen and oxygen atoms in total. The van der Waals surface area contributed by atoms with Crippen molar-refractivity contribution in [2.24, 2.45) is 0 Å². The van der Waals surface area contributed by atoms with Crippen molar-refractivity contribution in [2.45, 2.75) is 26.0 Å². The average Bonchev–Trinajstić information content (AvgIpc) is 2.15. The molecule has 0 aliphatic heterocycles. The fourth-order valence-electron chi connectivity index (χ4n) is 1.89. The molecule has 1 atom stereocenters. The maximum Gasteiger partial charge on any atom is 0.0869 e. The lowest BCUT2D eigenvalue weighted by molar-refractivity contribution is 0.0335. The van der Waals surface area contributed by atoms with Crippen LogP contribution in [0.25, 0.3) is 0 Å². The van der Waals surface area contributed by atoms with Crippen LogP contribution in [0, 0.1) is 6.92 Å². The van der Waals surface area contributed by atoms with Crippen molar-refractivity contribution in [3.63, 3.8) is 0 Å². The second-order valence-corrected chi connectivity index (χ2v) is 5.11. The van der Waals surface area contributed by atoms with Crippen LogP contribution in [-0.2, 0) is 6.54 Å². The number of hydrogen-bond acceptors (Lipinski definition) is 4. The van der Waals surface area contributed by atoms with Gasteiger partial charge in [0.25, 0.3) is 0 Å². The quantitative estimate of drug-likeness (QED) is 0.768. The number of aryl methyl sites for hydroxylation is 1. The maximum absolute atomic E-state index is 10.1. The minimum atomic E-state index is -0.715. The van der Waals surface area contributed by atoms with Crippen molar-refractivity contribution in [3.8, 4) is 0 Å². The predicted octanol–water partition coefficient (Wildman–Crippen LogP) is 0.792.